The van der Waals surface area contributed by atoms with Gasteiger partial charge in [-0.2, -0.15) is 0 Å². The first kappa shape index (κ1) is 12.0. The van der Waals surface area contributed by atoms with Crippen molar-refractivity contribution in [1.82, 2.24) is 4.90 Å². The number of nitrogens with zero attached hydrogens (tertiary/aromatic N) is 1. The maximum atomic E-state index is 8.91. The Kier molecular flexibility index (Phi) is 4.85. The first-order chi connectivity index (χ1) is 6.63. The molecule has 1 unspecified atom stereocenters. The maximum absolute atomic E-state index is 8.91. The fraction of sp³-hybridized carbons (Fsp3) is 1.00. The highest BCUT2D eigenvalue weighted by Gasteiger charge is 2.29. The van der Waals surface area contributed by atoms with Crippen molar-refractivity contribution in [2.24, 2.45) is 11.7 Å². The number of aliphatic hydroxyl groups excluding tert-OH is 1. The van der Waals surface area contributed by atoms with Gasteiger partial charge in [0.15, 0.2) is 0 Å². The van der Waals surface area contributed by atoms with Gasteiger partial charge in [0, 0.05) is 18.6 Å². The van der Waals surface area contributed by atoms with E-state index in [0.29, 0.717) is 0 Å². The molecule has 0 aliphatic heterocycles. The lowest BCUT2D eigenvalue weighted by Crippen LogP contribution is -2.41. The Labute approximate surface area is 87.3 Å². The molecule has 1 rings (SSSR count). The van der Waals surface area contributed by atoms with Crippen LogP contribution < -0.4 is 5.73 Å². The largest absolute Gasteiger partial charge is 0.395 e. The van der Waals surface area contributed by atoms with E-state index in [1.807, 2.05) is 0 Å². The van der Waals surface area contributed by atoms with E-state index in [9.17, 15) is 0 Å². The molecule has 0 aromatic rings. The summed E-state index contributed by atoms with van der Waals surface area (Å²) in [6.45, 7) is 6.59. The van der Waals surface area contributed by atoms with Crippen LogP contribution in [0.3, 0.4) is 0 Å². The van der Waals surface area contributed by atoms with Crippen LogP contribution in [-0.4, -0.2) is 41.8 Å². The summed E-state index contributed by atoms with van der Waals surface area (Å²) in [5.74, 6) is 0.751. The lowest BCUT2D eigenvalue weighted by molar-refractivity contribution is 0.189. The Morgan fingerprint density at radius 1 is 1.43 bits per heavy atom. The van der Waals surface area contributed by atoms with E-state index in [2.05, 4.69) is 18.7 Å². The van der Waals surface area contributed by atoms with Gasteiger partial charge in [-0.25, -0.2) is 0 Å². The van der Waals surface area contributed by atoms with Gasteiger partial charge in [-0.1, -0.05) is 13.8 Å². The molecule has 1 aliphatic carbocycles. The fourth-order valence-corrected chi connectivity index (χ4v) is 1.65. The molecule has 0 saturated heterocycles. The molecule has 0 radical (unpaired) electrons. The lowest BCUT2D eigenvalue weighted by Gasteiger charge is -2.25. The molecular formula is C11H24N2O. The second-order valence-corrected chi connectivity index (χ2v) is 4.85. The third-order valence-corrected chi connectivity index (χ3v) is 2.76. The molecule has 3 heteroatoms. The molecule has 0 heterocycles. The second-order valence-electron chi connectivity index (χ2n) is 4.85. The van der Waals surface area contributed by atoms with Gasteiger partial charge in [0.1, 0.15) is 0 Å². The van der Waals surface area contributed by atoms with Gasteiger partial charge in [-0.05, 0) is 31.7 Å². The van der Waals surface area contributed by atoms with Crippen LogP contribution in [0.5, 0.6) is 0 Å². The van der Waals surface area contributed by atoms with Gasteiger partial charge >= 0.3 is 0 Å². The Morgan fingerprint density at radius 2 is 2.07 bits per heavy atom. The standard InChI is InChI=1S/C11H24N2O/c1-9(2)5-6-13(11-3-4-11)7-10(12)8-14/h9-11,14H,3-8,12H2,1-2H3. The zero-order chi connectivity index (χ0) is 10.6. The minimum Gasteiger partial charge on any atom is -0.395 e. The van der Waals surface area contributed by atoms with Crippen LogP contribution in [-0.2, 0) is 0 Å². The highest BCUT2D eigenvalue weighted by atomic mass is 16.3. The van der Waals surface area contributed by atoms with Gasteiger partial charge in [0.25, 0.3) is 0 Å². The van der Waals surface area contributed by atoms with Crippen LogP contribution >= 0.6 is 0 Å². The predicted molar refractivity (Wildman–Crippen MR) is 59.1 cm³/mol. The van der Waals surface area contributed by atoms with Gasteiger partial charge in [-0.3, -0.25) is 4.90 Å². The molecule has 0 aromatic heterocycles. The zero-order valence-corrected chi connectivity index (χ0v) is 9.45. The summed E-state index contributed by atoms with van der Waals surface area (Å²) in [5.41, 5.74) is 5.75. The Hall–Kier alpha value is -0.120. The minimum absolute atomic E-state index is 0.0669. The van der Waals surface area contributed by atoms with Crippen LogP contribution in [0.2, 0.25) is 0 Å². The van der Waals surface area contributed by atoms with Crippen molar-refractivity contribution < 1.29 is 5.11 Å². The summed E-state index contributed by atoms with van der Waals surface area (Å²) in [6, 6.07) is 0.689. The van der Waals surface area contributed by atoms with E-state index in [1.165, 1.54) is 19.3 Å². The van der Waals surface area contributed by atoms with Crippen molar-refractivity contribution in [3.8, 4) is 0 Å². The number of rotatable bonds is 7. The van der Waals surface area contributed by atoms with E-state index in [1.54, 1.807) is 0 Å². The van der Waals surface area contributed by atoms with Crippen molar-refractivity contribution in [2.75, 3.05) is 19.7 Å². The summed E-state index contributed by atoms with van der Waals surface area (Å²) in [7, 11) is 0. The average molecular weight is 200 g/mol. The van der Waals surface area contributed by atoms with Gasteiger partial charge < -0.3 is 10.8 Å². The van der Waals surface area contributed by atoms with Crippen molar-refractivity contribution >= 4 is 0 Å². The Balaban J connectivity index is 2.24. The Bertz CT molecular complexity index is 157. The average Bonchev–Trinajstić information content (AvgIpc) is 2.94. The summed E-state index contributed by atoms with van der Waals surface area (Å²) in [4.78, 5) is 2.45. The van der Waals surface area contributed by atoms with Crippen LogP contribution in [0.4, 0.5) is 0 Å². The molecule has 1 saturated carbocycles. The summed E-state index contributed by atoms with van der Waals surface area (Å²) >= 11 is 0. The quantitative estimate of drug-likeness (QED) is 0.639. The monoisotopic (exact) mass is 200 g/mol. The van der Waals surface area contributed by atoms with Gasteiger partial charge in [0.2, 0.25) is 0 Å². The first-order valence-corrected chi connectivity index (χ1v) is 5.74. The van der Waals surface area contributed by atoms with E-state index < -0.39 is 0 Å². The number of aliphatic hydroxyl groups is 1. The number of nitrogens with two attached hydrogens (primary N) is 1. The van der Waals surface area contributed by atoms with Crippen molar-refractivity contribution in [1.29, 1.82) is 0 Å². The van der Waals surface area contributed by atoms with E-state index >= 15 is 0 Å². The molecule has 0 amide bonds. The second kappa shape index (κ2) is 5.69. The number of hydrogen-bond acceptors (Lipinski definition) is 3. The number of hydrogen-bond donors (Lipinski definition) is 2. The Morgan fingerprint density at radius 3 is 2.50 bits per heavy atom. The minimum atomic E-state index is -0.0669. The third kappa shape index (κ3) is 4.40. The normalized spacial score (nSPS) is 19.3. The third-order valence-electron chi connectivity index (χ3n) is 2.76. The predicted octanol–water partition coefficient (Wildman–Crippen LogP) is 0.817. The van der Waals surface area contributed by atoms with Crippen molar-refractivity contribution in [3.05, 3.63) is 0 Å². The first-order valence-electron chi connectivity index (χ1n) is 5.74. The highest BCUT2D eigenvalue weighted by Crippen LogP contribution is 2.27. The molecule has 84 valence electrons. The SMILES string of the molecule is CC(C)CCN(CC(N)CO)C1CC1. The molecule has 1 aliphatic rings. The molecule has 0 spiro atoms. The summed E-state index contributed by atoms with van der Waals surface area (Å²) in [5, 5.41) is 8.91. The van der Waals surface area contributed by atoms with E-state index in [0.717, 1.165) is 25.0 Å². The van der Waals surface area contributed by atoms with Gasteiger partial charge in [-0.15, -0.1) is 0 Å². The molecule has 3 nitrogen and oxygen atoms in total. The molecule has 1 atom stereocenters. The highest BCUT2D eigenvalue weighted by molar-refractivity contribution is 4.86. The van der Waals surface area contributed by atoms with E-state index in [-0.39, 0.29) is 12.6 Å². The molecule has 1 fully saturated rings. The van der Waals surface area contributed by atoms with Crippen molar-refractivity contribution in [2.45, 2.75) is 45.2 Å². The lowest BCUT2D eigenvalue weighted by atomic mass is 10.1. The fourth-order valence-electron chi connectivity index (χ4n) is 1.65. The van der Waals surface area contributed by atoms with Crippen LogP contribution in [0.25, 0.3) is 0 Å². The molecule has 3 N–H and O–H groups in total. The molecule has 0 bridgehead atoms. The van der Waals surface area contributed by atoms with Crippen LogP contribution in [0.1, 0.15) is 33.1 Å². The molecular weight excluding hydrogens is 176 g/mol. The zero-order valence-electron chi connectivity index (χ0n) is 9.45. The maximum Gasteiger partial charge on any atom is 0.0595 e. The summed E-state index contributed by atoms with van der Waals surface area (Å²) in [6.07, 6.45) is 3.86. The smallest absolute Gasteiger partial charge is 0.0595 e. The van der Waals surface area contributed by atoms with Crippen molar-refractivity contribution in [3.63, 3.8) is 0 Å². The van der Waals surface area contributed by atoms with E-state index in [4.69, 9.17) is 10.8 Å². The molecule has 0 aromatic carbocycles. The topological polar surface area (TPSA) is 49.5 Å². The molecule has 14 heavy (non-hydrogen) atoms. The van der Waals surface area contributed by atoms with Crippen LogP contribution in [0.15, 0.2) is 0 Å². The summed E-state index contributed by atoms with van der Waals surface area (Å²) < 4.78 is 0. The van der Waals surface area contributed by atoms with Gasteiger partial charge in [0.05, 0.1) is 6.61 Å². The van der Waals surface area contributed by atoms with Crippen LogP contribution in [0, 0.1) is 5.92 Å².